The lowest BCUT2D eigenvalue weighted by Crippen LogP contribution is -2.35. The van der Waals surface area contributed by atoms with Crippen molar-refractivity contribution >= 4 is 23.1 Å². The summed E-state index contributed by atoms with van der Waals surface area (Å²) in [7, 11) is 0. The lowest BCUT2D eigenvalue weighted by atomic mass is 10.1. The molecule has 152 valence electrons. The van der Waals surface area contributed by atoms with E-state index in [1.54, 1.807) is 20.8 Å². The number of nitrogens with one attached hydrogen (secondary N) is 1. The fourth-order valence-electron chi connectivity index (χ4n) is 2.22. The molecule has 0 unspecified atom stereocenters. The summed E-state index contributed by atoms with van der Waals surface area (Å²) >= 11 is 0.762. The van der Waals surface area contributed by atoms with E-state index in [-0.39, 0.29) is 17.1 Å². The lowest BCUT2D eigenvalue weighted by molar-refractivity contribution is -0.384. The minimum Gasteiger partial charge on any atom is -0.444 e. The van der Waals surface area contributed by atoms with Crippen LogP contribution >= 0.6 is 11.3 Å². The first-order valence-corrected chi connectivity index (χ1v) is 8.98. The number of benzene rings is 1. The summed E-state index contributed by atoms with van der Waals surface area (Å²) in [4.78, 5) is 25.9. The van der Waals surface area contributed by atoms with E-state index in [1.807, 2.05) is 0 Å². The molecule has 0 fully saturated rings. The Morgan fingerprint density at radius 2 is 1.89 bits per heavy atom. The molecule has 1 atom stereocenters. The van der Waals surface area contributed by atoms with E-state index in [2.05, 4.69) is 10.3 Å². The van der Waals surface area contributed by atoms with Gasteiger partial charge in [0.2, 0.25) is 0 Å². The number of thiazole rings is 1. The third-order valence-corrected chi connectivity index (χ3v) is 4.35. The van der Waals surface area contributed by atoms with Crippen LogP contribution in [0.1, 0.15) is 43.1 Å². The van der Waals surface area contributed by atoms with Gasteiger partial charge in [0, 0.05) is 17.5 Å². The lowest BCUT2D eigenvalue weighted by Gasteiger charge is -2.23. The number of carbonyl (C=O) groups is 1. The maximum atomic E-state index is 12.9. The van der Waals surface area contributed by atoms with Crippen molar-refractivity contribution in [2.45, 2.75) is 45.0 Å². The third-order valence-electron chi connectivity index (χ3n) is 3.39. The van der Waals surface area contributed by atoms with E-state index in [9.17, 15) is 28.1 Å². The number of alkyl carbamates (subject to hydrolysis) is 1. The zero-order chi connectivity index (χ0) is 21.1. The second-order valence-corrected chi connectivity index (χ2v) is 7.78. The largest absolute Gasteiger partial charge is 0.444 e. The van der Waals surface area contributed by atoms with Crippen molar-refractivity contribution in [3.63, 3.8) is 0 Å². The van der Waals surface area contributed by atoms with E-state index >= 15 is 0 Å². The Morgan fingerprint density at radius 3 is 2.36 bits per heavy atom. The number of alkyl halides is 3. The summed E-state index contributed by atoms with van der Waals surface area (Å²) in [6, 6.07) is 4.61. The van der Waals surface area contributed by atoms with Gasteiger partial charge in [0.25, 0.3) is 5.69 Å². The summed E-state index contributed by atoms with van der Waals surface area (Å²) in [5.41, 5.74) is -1.38. The predicted octanol–water partition coefficient (Wildman–Crippen LogP) is 4.88. The molecule has 1 N–H and O–H groups in total. The van der Waals surface area contributed by atoms with Gasteiger partial charge in [0.15, 0.2) is 5.69 Å². The quantitative estimate of drug-likeness (QED) is 0.553. The van der Waals surface area contributed by atoms with Crippen molar-refractivity contribution < 1.29 is 27.6 Å². The number of halogens is 3. The van der Waals surface area contributed by atoms with Crippen LogP contribution in [-0.2, 0) is 17.3 Å². The molecule has 1 heterocycles. The zero-order valence-electron chi connectivity index (χ0n) is 15.2. The predicted molar refractivity (Wildman–Crippen MR) is 96.0 cm³/mol. The number of non-ortho nitro benzene ring substituents is 1. The SMILES string of the molecule is CC(C)(C)OC(=O)N[C@@H](Cc1ccc([N+](=O)[O-])cc1)c1nc(C(F)(F)F)cs1. The fourth-order valence-corrected chi connectivity index (χ4v) is 3.09. The van der Waals surface area contributed by atoms with Gasteiger partial charge in [0.05, 0.1) is 11.0 Å². The van der Waals surface area contributed by atoms with Crippen molar-refractivity contribution in [3.8, 4) is 0 Å². The van der Waals surface area contributed by atoms with Crippen molar-refractivity contribution in [3.05, 3.63) is 56.0 Å². The maximum absolute atomic E-state index is 12.9. The Labute approximate surface area is 162 Å². The number of hydrogen-bond donors (Lipinski definition) is 1. The van der Waals surface area contributed by atoms with Crippen LogP contribution in [0.4, 0.5) is 23.7 Å². The number of carbonyl (C=O) groups excluding carboxylic acids is 1. The van der Waals surface area contributed by atoms with E-state index in [4.69, 9.17) is 4.74 Å². The minimum absolute atomic E-state index is 0.0523. The van der Waals surface area contributed by atoms with Gasteiger partial charge in [-0.05, 0) is 32.8 Å². The van der Waals surface area contributed by atoms with Crippen LogP contribution in [0.3, 0.4) is 0 Å². The second kappa shape index (κ2) is 8.13. The summed E-state index contributed by atoms with van der Waals surface area (Å²) < 4.78 is 43.8. The highest BCUT2D eigenvalue weighted by Gasteiger charge is 2.35. The average Bonchev–Trinajstić information content (AvgIpc) is 3.03. The summed E-state index contributed by atoms with van der Waals surface area (Å²) in [6.45, 7) is 4.97. The molecule has 0 radical (unpaired) electrons. The number of amides is 1. The molecular formula is C17H18F3N3O4S. The van der Waals surface area contributed by atoms with Crippen LogP contribution in [0.15, 0.2) is 29.6 Å². The van der Waals surface area contributed by atoms with E-state index in [0.29, 0.717) is 5.56 Å². The fraction of sp³-hybridized carbons (Fsp3) is 0.412. The summed E-state index contributed by atoms with van der Waals surface area (Å²) in [5.74, 6) is 0. The molecule has 1 aromatic heterocycles. The molecule has 0 aliphatic carbocycles. The highest BCUT2D eigenvalue weighted by atomic mass is 32.1. The molecule has 7 nitrogen and oxygen atoms in total. The summed E-state index contributed by atoms with van der Waals surface area (Å²) in [6.07, 6.45) is -5.32. The number of aromatic nitrogens is 1. The molecule has 28 heavy (non-hydrogen) atoms. The van der Waals surface area contributed by atoms with Gasteiger partial charge >= 0.3 is 12.3 Å². The van der Waals surface area contributed by atoms with Crippen LogP contribution < -0.4 is 5.32 Å². The van der Waals surface area contributed by atoms with Crippen LogP contribution in [0, 0.1) is 10.1 Å². The molecular weight excluding hydrogens is 399 g/mol. The number of ether oxygens (including phenoxy) is 1. The Kier molecular flexibility index (Phi) is 6.27. The topological polar surface area (TPSA) is 94.4 Å². The molecule has 0 saturated carbocycles. The van der Waals surface area contributed by atoms with Crippen molar-refractivity contribution in [1.29, 1.82) is 0 Å². The van der Waals surface area contributed by atoms with Gasteiger partial charge in [-0.15, -0.1) is 11.3 Å². The van der Waals surface area contributed by atoms with Gasteiger partial charge in [-0.1, -0.05) is 12.1 Å². The van der Waals surface area contributed by atoms with Crippen LogP contribution in [0.5, 0.6) is 0 Å². The monoisotopic (exact) mass is 417 g/mol. The molecule has 0 saturated heterocycles. The van der Waals surface area contributed by atoms with Crippen molar-refractivity contribution in [2.24, 2.45) is 0 Å². The number of nitrogens with zero attached hydrogens (tertiary/aromatic N) is 2. The van der Waals surface area contributed by atoms with Gasteiger partial charge in [-0.25, -0.2) is 9.78 Å². The smallest absolute Gasteiger partial charge is 0.434 e. The van der Waals surface area contributed by atoms with E-state index < -0.39 is 34.5 Å². The van der Waals surface area contributed by atoms with Crippen molar-refractivity contribution in [2.75, 3.05) is 0 Å². The Morgan fingerprint density at radius 1 is 1.29 bits per heavy atom. The normalized spacial score (nSPS) is 13.1. The van der Waals surface area contributed by atoms with E-state index in [1.165, 1.54) is 24.3 Å². The number of hydrogen-bond acceptors (Lipinski definition) is 6. The molecule has 11 heteroatoms. The Balaban J connectivity index is 2.26. The highest BCUT2D eigenvalue weighted by molar-refractivity contribution is 7.09. The molecule has 0 spiro atoms. The number of nitro groups is 1. The Bertz CT molecular complexity index is 845. The zero-order valence-corrected chi connectivity index (χ0v) is 16.1. The molecule has 2 aromatic rings. The first-order chi connectivity index (χ1) is 12.8. The number of nitro benzene ring substituents is 1. The first-order valence-electron chi connectivity index (χ1n) is 8.10. The molecule has 0 aliphatic rings. The van der Waals surface area contributed by atoms with Crippen LogP contribution in [0.2, 0.25) is 0 Å². The third kappa shape index (κ3) is 6.19. The standard InChI is InChI=1S/C17H18F3N3O4S/c1-16(2,3)27-15(24)21-12(14-22-13(9-28-14)17(18,19)20)8-10-4-6-11(7-5-10)23(25)26/h4-7,9,12H,8H2,1-3H3,(H,21,24)/t12-/m0/s1. The molecule has 1 aromatic carbocycles. The maximum Gasteiger partial charge on any atom is 0.434 e. The molecule has 0 aliphatic heterocycles. The Hall–Kier alpha value is -2.69. The van der Waals surface area contributed by atoms with Crippen molar-refractivity contribution in [1.82, 2.24) is 10.3 Å². The highest BCUT2D eigenvalue weighted by Crippen LogP contribution is 2.32. The van der Waals surface area contributed by atoms with Crippen LogP contribution in [-0.4, -0.2) is 21.6 Å². The molecule has 0 bridgehead atoms. The van der Waals surface area contributed by atoms with Gasteiger partial charge < -0.3 is 10.1 Å². The molecule has 1 amide bonds. The van der Waals surface area contributed by atoms with E-state index in [0.717, 1.165) is 16.7 Å². The van der Waals surface area contributed by atoms with Gasteiger partial charge in [-0.3, -0.25) is 10.1 Å². The van der Waals surface area contributed by atoms with Gasteiger partial charge in [-0.2, -0.15) is 13.2 Å². The van der Waals surface area contributed by atoms with Gasteiger partial charge in [0.1, 0.15) is 10.6 Å². The first kappa shape index (κ1) is 21.6. The van der Waals surface area contributed by atoms with Crippen LogP contribution in [0.25, 0.3) is 0 Å². The minimum atomic E-state index is -4.60. The molecule has 2 rings (SSSR count). The average molecular weight is 417 g/mol. The number of rotatable bonds is 5. The summed E-state index contributed by atoms with van der Waals surface area (Å²) in [5, 5.41) is 14.2. The second-order valence-electron chi connectivity index (χ2n) is 6.90.